The van der Waals surface area contributed by atoms with E-state index in [0.29, 0.717) is 10.4 Å². The number of hydrogen-bond donors (Lipinski definition) is 0. The highest BCUT2D eigenvalue weighted by Gasteiger charge is 2.01. The second-order valence-corrected chi connectivity index (χ2v) is 3.34. The Bertz CT molecular complexity index is 516. The van der Waals surface area contributed by atoms with E-state index in [9.17, 15) is 4.79 Å². The minimum atomic E-state index is -0.0139. The average molecular weight is 194 g/mol. The number of pyridine rings is 1. The summed E-state index contributed by atoms with van der Waals surface area (Å²) < 4.78 is 1.54. The van der Waals surface area contributed by atoms with Crippen LogP contribution in [0.1, 0.15) is 0 Å². The first-order valence-electron chi connectivity index (χ1n) is 3.94. The fraction of sp³-hybridized carbons (Fsp3) is 0.100. The summed E-state index contributed by atoms with van der Waals surface area (Å²) in [5, 5.41) is 2.10. The lowest BCUT2D eigenvalue weighted by Crippen LogP contribution is -2.15. The van der Waals surface area contributed by atoms with Crippen LogP contribution in [0.15, 0.2) is 35.3 Å². The topological polar surface area (TPSA) is 22.0 Å². The Morgan fingerprint density at radius 1 is 1.23 bits per heavy atom. The van der Waals surface area contributed by atoms with Gasteiger partial charge in [0.25, 0.3) is 5.56 Å². The molecule has 1 aromatic carbocycles. The number of fused-ring (bicyclic) bond motifs is 1. The molecule has 0 radical (unpaired) electrons. The maximum Gasteiger partial charge on any atom is 0.258 e. The van der Waals surface area contributed by atoms with E-state index in [0.717, 1.165) is 5.39 Å². The standard InChI is InChI=1S/C10H8ClNO/c1-12-6-5-7-8(10(12)13)3-2-4-9(7)11/h2-6H,1H3. The fourth-order valence-electron chi connectivity index (χ4n) is 1.34. The van der Waals surface area contributed by atoms with Gasteiger partial charge in [0, 0.05) is 29.0 Å². The number of aromatic nitrogens is 1. The van der Waals surface area contributed by atoms with Crippen LogP contribution >= 0.6 is 11.6 Å². The number of halogens is 1. The second-order valence-electron chi connectivity index (χ2n) is 2.93. The van der Waals surface area contributed by atoms with Gasteiger partial charge in [-0.3, -0.25) is 4.79 Å². The van der Waals surface area contributed by atoms with Crippen molar-refractivity contribution in [1.29, 1.82) is 0 Å². The normalized spacial score (nSPS) is 10.6. The number of aryl methyl sites for hydroxylation is 1. The molecule has 0 amide bonds. The Labute approximate surface area is 80.4 Å². The molecule has 0 N–H and O–H groups in total. The van der Waals surface area contributed by atoms with Gasteiger partial charge in [-0.1, -0.05) is 17.7 Å². The third-order valence-electron chi connectivity index (χ3n) is 2.07. The van der Waals surface area contributed by atoms with Gasteiger partial charge in [0.15, 0.2) is 0 Å². The van der Waals surface area contributed by atoms with E-state index in [1.54, 1.807) is 36.0 Å². The van der Waals surface area contributed by atoms with Crippen LogP contribution in [0, 0.1) is 0 Å². The van der Waals surface area contributed by atoms with Gasteiger partial charge in [0.05, 0.1) is 0 Å². The maximum atomic E-state index is 11.6. The smallest absolute Gasteiger partial charge is 0.258 e. The molecule has 2 nitrogen and oxygen atoms in total. The fourth-order valence-corrected chi connectivity index (χ4v) is 1.57. The molecule has 0 saturated carbocycles. The molecule has 0 fully saturated rings. The van der Waals surface area contributed by atoms with E-state index in [1.165, 1.54) is 0 Å². The van der Waals surface area contributed by atoms with Gasteiger partial charge < -0.3 is 4.57 Å². The molecule has 0 spiro atoms. The van der Waals surface area contributed by atoms with Crippen molar-refractivity contribution >= 4 is 22.4 Å². The summed E-state index contributed by atoms with van der Waals surface area (Å²) in [6, 6.07) is 7.19. The van der Waals surface area contributed by atoms with Crippen LogP contribution in [0.4, 0.5) is 0 Å². The van der Waals surface area contributed by atoms with Gasteiger partial charge in [-0.2, -0.15) is 0 Å². The SMILES string of the molecule is Cn1ccc2c(Cl)cccc2c1=O. The van der Waals surface area contributed by atoms with Crippen molar-refractivity contribution in [1.82, 2.24) is 4.57 Å². The molecule has 1 aromatic heterocycles. The number of benzene rings is 1. The summed E-state index contributed by atoms with van der Waals surface area (Å²) in [4.78, 5) is 11.6. The van der Waals surface area contributed by atoms with Crippen molar-refractivity contribution in [2.24, 2.45) is 7.05 Å². The van der Waals surface area contributed by atoms with Crippen LogP contribution in [0.3, 0.4) is 0 Å². The molecule has 2 rings (SSSR count). The van der Waals surface area contributed by atoms with Crippen LogP contribution in [0.2, 0.25) is 5.02 Å². The zero-order valence-electron chi connectivity index (χ0n) is 7.12. The molecule has 0 aliphatic heterocycles. The lowest BCUT2D eigenvalue weighted by molar-refractivity contribution is 0.873. The van der Waals surface area contributed by atoms with Gasteiger partial charge in [0.1, 0.15) is 0 Å². The lowest BCUT2D eigenvalue weighted by Gasteiger charge is -2.01. The van der Waals surface area contributed by atoms with Gasteiger partial charge in [-0.15, -0.1) is 0 Å². The molecule has 0 aliphatic rings. The average Bonchev–Trinajstić information content (AvgIpc) is 2.12. The third kappa shape index (κ3) is 1.23. The Morgan fingerprint density at radius 2 is 2.00 bits per heavy atom. The van der Waals surface area contributed by atoms with Crippen molar-refractivity contribution in [3.05, 3.63) is 45.8 Å². The maximum absolute atomic E-state index is 11.6. The van der Waals surface area contributed by atoms with E-state index in [4.69, 9.17) is 11.6 Å². The van der Waals surface area contributed by atoms with E-state index in [2.05, 4.69) is 0 Å². The number of hydrogen-bond acceptors (Lipinski definition) is 1. The van der Waals surface area contributed by atoms with E-state index in [1.807, 2.05) is 6.07 Å². The quantitative estimate of drug-likeness (QED) is 0.629. The van der Waals surface area contributed by atoms with Crippen LogP contribution in [0.5, 0.6) is 0 Å². The molecule has 13 heavy (non-hydrogen) atoms. The summed E-state index contributed by atoms with van der Waals surface area (Å²) in [5.74, 6) is 0. The van der Waals surface area contributed by atoms with Crippen molar-refractivity contribution in [3.63, 3.8) is 0 Å². The summed E-state index contributed by atoms with van der Waals surface area (Å²) in [5.41, 5.74) is -0.0139. The van der Waals surface area contributed by atoms with Gasteiger partial charge >= 0.3 is 0 Å². The lowest BCUT2D eigenvalue weighted by atomic mass is 10.2. The molecule has 0 aliphatic carbocycles. The summed E-state index contributed by atoms with van der Waals surface area (Å²) in [7, 11) is 1.72. The highest BCUT2D eigenvalue weighted by Crippen LogP contribution is 2.19. The van der Waals surface area contributed by atoms with Crippen molar-refractivity contribution in [2.45, 2.75) is 0 Å². The highest BCUT2D eigenvalue weighted by atomic mass is 35.5. The molecule has 2 aromatic rings. The summed E-state index contributed by atoms with van der Waals surface area (Å²) >= 11 is 5.93. The molecule has 0 saturated heterocycles. The zero-order valence-corrected chi connectivity index (χ0v) is 7.88. The molecule has 1 heterocycles. The minimum absolute atomic E-state index is 0.0139. The predicted molar refractivity (Wildman–Crippen MR) is 54.2 cm³/mol. The number of nitrogens with zero attached hydrogens (tertiary/aromatic N) is 1. The first-order chi connectivity index (χ1) is 6.20. The Morgan fingerprint density at radius 3 is 2.77 bits per heavy atom. The molecule has 0 bridgehead atoms. The van der Waals surface area contributed by atoms with Gasteiger partial charge in [0.2, 0.25) is 0 Å². The van der Waals surface area contributed by atoms with Crippen LogP contribution in [0.25, 0.3) is 10.8 Å². The predicted octanol–water partition coefficient (Wildman–Crippen LogP) is 2.19. The first-order valence-corrected chi connectivity index (χ1v) is 4.32. The van der Waals surface area contributed by atoms with Gasteiger partial charge in [-0.25, -0.2) is 0 Å². The Hall–Kier alpha value is -1.28. The van der Waals surface area contributed by atoms with E-state index in [-0.39, 0.29) is 5.56 Å². The molecule has 0 unspecified atom stereocenters. The number of rotatable bonds is 0. The Balaban J connectivity index is 3.03. The zero-order chi connectivity index (χ0) is 9.42. The van der Waals surface area contributed by atoms with Crippen molar-refractivity contribution in [3.8, 4) is 0 Å². The molecule has 3 heteroatoms. The largest absolute Gasteiger partial charge is 0.318 e. The van der Waals surface area contributed by atoms with E-state index < -0.39 is 0 Å². The summed E-state index contributed by atoms with van der Waals surface area (Å²) in [6.07, 6.45) is 1.72. The third-order valence-corrected chi connectivity index (χ3v) is 2.40. The van der Waals surface area contributed by atoms with Crippen LogP contribution in [-0.4, -0.2) is 4.57 Å². The summed E-state index contributed by atoms with van der Waals surface area (Å²) in [6.45, 7) is 0. The molecular formula is C10H8ClNO. The van der Waals surface area contributed by atoms with Crippen molar-refractivity contribution < 1.29 is 0 Å². The Kier molecular flexibility index (Phi) is 1.85. The second kappa shape index (κ2) is 2.89. The van der Waals surface area contributed by atoms with Gasteiger partial charge in [-0.05, 0) is 18.2 Å². The van der Waals surface area contributed by atoms with Crippen LogP contribution in [-0.2, 0) is 7.05 Å². The molecule has 66 valence electrons. The van der Waals surface area contributed by atoms with Crippen LogP contribution < -0.4 is 5.56 Å². The first kappa shape index (κ1) is 8.32. The molecular weight excluding hydrogens is 186 g/mol. The highest BCUT2D eigenvalue weighted by molar-refractivity contribution is 6.35. The molecule has 0 atom stereocenters. The van der Waals surface area contributed by atoms with E-state index >= 15 is 0 Å². The monoisotopic (exact) mass is 193 g/mol. The minimum Gasteiger partial charge on any atom is -0.318 e. The van der Waals surface area contributed by atoms with Crippen molar-refractivity contribution in [2.75, 3.05) is 0 Å².